The molecule has 56 valence electrons. The van der Waals surface area contributed by atoms with Crippen LogP contribution in [0.15, 0.2) is 0 Å². The highest BCUT2D eigenvalue weighted by atomic mass is 16.5. The van der Waals surface area contributed by atoms with Crippen LogP contribution in [0.1, 0.15) is 26.2 Å². The molecular formula is C7H17NO. The van der Waals surface area contributed by atoms with E-state index in [0.717, 1.165) is 25.9 Å². The van der Waals surface area contributed by atoms with Gasteiger partial charge in [0.05, 0.1) is 0 Å². The lowest BCUT2D eigenvalue weighted by atomic mass is 10.1. The van der Waals surface area contributed by atoms with Crippen LogP contribution in [0.2, 0.25) is 0 Å². The van der Waals surface area contributed by atoms with E-state index in [2.05, 4.69) is 6.92 Å². The number of ether oxygens (including phenoxy) is 1. The Labute approximate surface area is 57.4 Å². The van der Waals surface area contributed by atoms with E-state index in [4.69, 9.17) is 10.5 Å². The Morgan fingerprint density at radius 2 is 2.22 bits per heavy atom. The lowest BCUT2D eigenvalue weighted by molar-refractivity contribution is 0.190. The Bertz CT molecular complexity index is 56.9. The van der Waals surface area contributed by atoms with Gasteiger partial charge in [-0.2, -0.15) is 0 Å². The monoisotopic (exact) mass is 131 g/mol. The van der Waals surface area contributed by atoms with E-state index in [0.29, 0.717) is 6.04 Å². The third-order valence-electron chi connectivity index (χ3n) is 1.45. The van der Waals surface area contributed by atoms with Crippen LogP contribution in [-0.4, -0.2) is 19.8 Å². The van der Waals surface area contributed by atoms with E-state index in [1.54, 1.807) is 7.11 Å². The summed E-state index contributed by atoms with van der Waals surface area (Å²) < 4.78 is 4.88. The van der Waals surface area contributed by atoms with E-state index in [1.807, 2.05) is 0 Å². The molecule has 0 bridgehead atoms. The first-order valence-corrected chi connectivity index (χ1v) is 3.55. The van der Waals surface area contributed by atoms with Crippen molar-refractivity contribution in [1.82, 2.24) is 0 Å². The van der Waals surface area contributed by atoms with Crippen LogP contribution in [0.5, 0.6) is 0 Å². The summed E-state index contributed by atoms with van der Waals surface area (Å²) >= 11 is 0. The molecule has 9 heavy (non-hydrogen) atoms. The normalized spacial score (nSPS) is 13.7. The van der Waals surface area contributed by atoms with E-state index in [-0.39, 0.29) is 0 Å². The van der Waals surface area contributed by atoms with Gasteiger partial charge in [0, 0.05) is 19.8 Å². The van der Waals surface area contributed by atoms with Crippen molar-refractivity contribution < 1.29 is 4.74 Å². The van der Waals surface area contributed by atoms with Gasteiger partial charge in [-0.05, 0) is 19.3 Å². The first-order chi connectivity index (χ1) is 4.31. The molecular weight excluding hydrogens is 114 g/mol. The van der Waals surface area contributed by atoms with Crippen LogP contribution in [0.3, 0.4) is 0 Å². The molecule has 0 aliphatic rings. The Kier molecular flexibility index (Phi) is 5.99. The summed E-state index contributed by atoms with van der Waals surface area (Å²) in [4.78, 5) is 0. The standard InChI is InChI=1S/C7H17NO/c1-3-7(8)5-4-6-9-2/h7H,3-6,8H2,1-2H3/t7-/m1/s1. The topological polar surface area (TPSA) is 35.2 Å². The molecule has 0 fully saturated rings. The Morgan fingerprint density at radius 3 is 2.67 bits per heavy atom. The maximum absolute atomic E-state index is 5.66. The predicted octanol–water partition coefficient (Wildman–Crippen LogP) is 1.15. The minimum absolute atomic E-state index is 0.375. The molecule has 1 atom stereocenters. The Morgan fingerprint density at radius 1 is 1.56 bits per heavy atom. The van der Waals surface area contributed by atoms with Crippen LogP contribution < -0.4 is 5.73 Å². The number of rotatable bonds is 5. The van der Waals surface area contributed by atoms with Crippen LogP contribution in [0.25, 0.3) is 0 Å². The SMILES string of the molecule is CC[C@@H](N)CCCOC. The lowest BCUT2D eigenvalue weighted by Crippen LogP contribution is -2.18. The summed E-state index contributed by atoms with van der Waals surface area (Å²) in [5.41, 5.74) is 5.66. The number of nitrogens with two attached hydrogens (primary N) is 1. The van der Waals surface area contributed by atoms with Gasteiger partial charge in [0.15, 0.2) is 0 Å². The zero-order chi connectivity index (χ0) is 7.11. The van der Waals surface area contributed by atoms with Gasteiger partial charge >= 0.3 is 0 Å². The van der Waals surface area contributed by atoms with Gasteiger partial charge in [-0.25, -0.2) is 0 Å². The van der Waals surface area contributed by atoms with Gasteiger partial charge in [0.2, 0.25) is 0 Å². The van der Waals surface area contributed by atoms with Gasteiger partial charge in [-0.15, -0.1) is 0 Å². The third kappa shape index (κ3) is 5.80. The maximum atomic E-state index is 5.66. The molecule has 0 saturated heterocycles. The van der Waals surface area contributed by atoms with Crippen LogP contribution in [0, 0.1) is 0 Å². The molecule has 0 amide bonds. The molecule has 0 heterocycles. The smallest absolute Gasteiger partial charge is 0.0462 e. The molecule has 0 aromatic rings. The highest BCUT2D eigenvalue weighted by Crippen LogP contribution is 1.97. The zero-order valence-corrected chi connectivity index (χ0v) is 6.39. The minimum Gasteiger partial charge on any atom is -0.385 e. The van der Waals surface area contributed by atoms with Crippen molar-refractivity contribution >= 4 is 0 Å². The second-order valence-electron chi connectivity index (χ2n) is 2.30. The predicted molar refractivity (Wildman–Crippen MR) is 39.4 cm³/mol. The van der Waals surface area contributed by atoms with Crippen molar-refractivity contribution in [1.29, 1.82) is 0 Å². The maximum Gasteiger partial charge on any atom is 0.0462 e. The molecule has 0 unspecified atom stereocenters. The molecule has 0 saturated carbocycles. The van der Waals surface area contributed by atoms with Crippen LogP contribution in [0.4, 0.5) is 0 Å². The largest absolute Gasteiger partial charge is 0.385 e. The highest BCUT2D eigenvalue weighted by molar-refractivity contribution is 4.56. The summed E-state index contributed by atoms with van der Waals surface area (Å²) in [5, 5.41) is 0. The Hall–Kier alpha value is -0.0800. The zero-order valence-electron chi connectivity index (χ0n) is 6.39. The van der Waals surface area contributed by atoms with Crippen molar-refractivity contribution in [2.75, 3.05) is 13.7 Å². The van der Waals surface area contributed by atoms with E-state index < -0.39 is 0 Å². The first kappa shape index (κ1) is 8.92. The van der Waals surface area contributed by atoms with Crippen molar-refractivity contribution in [3.05, 3.63) is 0 Å². The molecule has 2 N–H and O–H groups in total. The molecule has 0 rings (SSSR count). The summed E-state index contributed by atoms with van der Waals surface area (Å²) in [6, 6.07) is 0.375. The Balaban J connectivity index is 2.88. The van der Waals surface area contributed by atoms with Crippen molar-refractivity contribution in [3.8, 4) is 0 Å². The second kappa shape index (κ2) is 6.05. The number of hydrogen-bond acceptors (Lipinski definition) is 2. The van der Waals surface area contributed by atoms with Crippen molar-refractivity contribution in [2.45, 2.75) is 32.2 Å². The summed E-state index contributed by atoms with van der Waals surface area (Å²) in [7, 11) is 1.72. The fourth-order valence-electron chi connectivity index (χ4n) is 0.694. The summed E-state index contributed by atoms with van der Waals surface area (Å²) in [6.45, 7) is 2.95. The fourth-order valence-corrected chi connectivity index (χ4v) is 0.694. The van der Waals surface area contributed by atoms with Gasteiger partial charge in [0.1, 0.15) is 0 Å². The van der Waals surface area contributed by atoms with Gasteiger partial charge in [-0.1, -0.05) is 6.92 Å². The number of hydrogen-bond donors (Lipinski definition) is 1. The van der Waals surface area contributed by atoms with E-state index in [9.17, 15) is 0 Å². The molecule has 0 radical (unpaired) electrons. The van der Waals surface area contributed by atoms with Gasteiger partial charge in [-0.3, -0.25) is 0 Å². The van der Waals surface area contributed by atoms with E-state index in [1.165, 1.54) is 0 Å². The minimum atomic E-state index is 0.375. The summed E-state index contributed by atoms with van der Waals surface area (Å²) in [5.74, 6) is 0. The molecule has 0 aliphatic carbocycles. The first-order valence-electron chi connectivity index (χ1n) is 3.55. The second-order valence-corrected chi connectivity index (χ2v) is 2.30. The average Bonchev–Trinajstić information content (AvgIpc) is 1.89. The van der Waals surface area contributed by atoms with Crippen LogP contribution in [-0.2, 0) is 4.74 Å². The average molecular weight is 131 g/mol. The molecule has 2 nitrogen and oxygen atoms in total. The lowest BCUT2D eigenvalue weighted by Gasteiger charge is -2.06. The molecule has 0 aromatic carbocycles. The van der Waals surface area contributed by atoms with Gasteiger partial charge in [0.25, 0.3) is 0 Å². The molecule has 2 heteroatoms. The molecule has 0 aromatic heterocycles. The van der Waals surface area contributed by atoms with Crippen LogP contribution >= 0.6 is 0 Å². The number of methoxy groups -OCH3 is 1. The summed E-state index contributed by atoms with van der Waals surface area (Å²) in [6.07, 6.45) is 3.25. The third-order valence-corrected chi connectivity index (χ3v) is 1.45. The highest BCUT2D eigenvalue weighted by Gasteiger charge is 1.96. The molecule has 0 spiro atoms. The van der Waals surface area contributed by atoms with Crippen molar-refractivity contribution in [3.63, 3.8) is 0 Å². The van der Waals surface area contributed by atoms with Gasteiger partial charge < -0.3 is 10.5 Å². The fraction of sp³-hybridized carbons (Fsp3) is 1.00. The molecule has 0 aliphatic heterocycles. The van der Waals surface area contributed by atoms with E-state index >= 15 is 0 Å². The quantitative estimate of drug-likeness (QED) is 0.568. The van der Waals surface area contributed by atoms with Crippen molar-refractivity contribution in [2.24, 2.45) is 5.73 Å².